The molecule has 0 unspecified atom stereocenters. The average molecular weight is 379 g/mol. The minimum atomic E-state index is -1.25. The SMILES string of the molecule is CC1(C)OC[C@H]2O[C@@H](/N=C/c3cccc(C(C)(C)C)c3O)[C@H](O)[C@@H](O)[C@@H]2O1. The number of hydrogen-bond acceptors (Lipinski definition) is 7. The number of phenolic OH excluding ortho intramolecular Hbond substituents is 1. The summed E-state index contributed by atoms with van der Waals surface area (Å²) in [5, 5.41) is 31.4. The Morgan fingerprint density at radius 1 is 1.19 bits per heavy atom. The van der Waals surface area contributed by atoms with Crippen LogP contribution >= 0.6 is 0 Å². The van der Waals surface area contributed by atoms with Crippen LogP contribution in [0.2, 0.25) is 0 Å². The molecule has 0 amide bonds. The molecule has 2 heterocycles. The highest BCUT2D eigenvalue weighted by molar-refractivity contribution is 5.84. The van der Waals surface area contributed by atoms with E-state index in [2.05, 4.69) is 4.99 Å². The van der Waals surface area contributed by atoms with E-state index in [1.54, 1.807) is 19.9 Å². The molecule has 0 aliphatic carbocycles. The molecule has 7 nitrogen and oxygen atoms in total. The van der Waals surface area contributed by atoms with Crippen molar-refractivity contribution in [3.8, 4) is 5.75 Å². The van der Waals surface area contributed by atoms with Crippen LogP contribution in [-0.4, -0.2) is 64.6 Å². The number of aliphatic hydroxyl groups excluding tert-OH is 2. The molecule has 27 heavy (non-hydrogen) atoms. The lowest BCUT2D eigenvalue weighted by Crippen LogP contribution is -2.64. The number of fused-ring (bicyclic) bond motifs is 1. The monoisotopic (exact) mass is 379 g/mol. The van der Waals surface area contributed by atoms with Crippen molar-refractivity contribution in [1.82, 2.24) is 0 Å². The van der Waals surface area contributed by atoms with Gasteiger partial charge in [0.2, 0.25) is 0 Å². The number of nitrogens with zero attached hydrogens (tertiary/aromatic N) is 1. The van der Waals surface area contributed by atoms with Gasteiger partial charge in [-0.15, -0.1) is 0 Å². The molecule has 0 spiro atoms. The molecule has 3 N–H and O–H groups in total. The summed E-state index contributed by atoms with van der Waals surface area (Å²) < 4.78 is 17.1. The summed E-state index contributed by atoms with van der Waals surface area (Å²) in [4.78, 5) is 4.27. The third kappa shape index (κ3) is 4.17. The fourth-order valence-electron chi connectivity index (χ4n) is 3.39. The number of aromatic hydroxyl groups is 1. The zero-order valence-electron chi connectivity index (χ0n) is 16.4. The number of rotatable bonds is 2. The Kier molecular flexibility index (Phi) is 5.35. The van der Waals surface area contributed by atoms with Crippen LogP contribution in [0.5, 0.6) is 5.75 Å². The first kappa shape index (κ1) is 20.2. The van der Waals surface area contributed by atoms with Crippen LogP contribution in [-0.2, 0) is 19.6 Å². The third-order valence-electron chi connectivity index (χ3n) is 4.91. The summed E-state index contributed by atoms with van der Waals surface area (Å²) in [5.41, 5.74) is 1.10. The standard InChI is InChI=1S/C20H29NO6/c1-19(2,3)12-8-6-7-11(14(12)22)9-21-18-16(24)15(23)17-13(26-18)10-25-20(4,5)27-17/h6-9,13,15-18,22-24H,10H2,1-5H3/b21-9+/t13-,15-,16-,17-,18-/m1/s1. The second-order valence-corrected chi connectivity index (χ2v) is 8.61. The van der Waals surface area contributed by atoms with Crippen molar-refractivity contribution >= 4 is 6.21 Å². The molecule has 1 aromatic carbocycles. The van der Waals surface area contributed by atoms with E-state index in [1.165, 1.54) is 6.21 Å². The summed E-state index contributed by atoms with van der Waals surface area (Å²) in [6.45, 7) is 9.77. The molecule has 7 heteroatoms. The van der Waals surface area contributed by atoms with Gasteiger partial charge in [-0.25, -0.2) is 0 Å². The molecule has 0 aromatic heterocycles. The first-order chi connectivity index (χ1) is 12.5. The molecular formula is C20H29NO6. The van der Waals surface area contributed by atoms with Crippen LogP contribution in [0.15, 0.2) is 23.2 Å². The number of aliphatic hydroxyl groups is 2. The summed E-state index contributed by atoms with van der Waals surface area (Å²) in [6, 6.07) is 5.44. The summed E-state index contributed by atoms with van der Waals surface area (Å²) >= 11 is 0. The van der Waals surface area contributed by atoms with Gasteiger partial charge in [0, 0.05) is 11.8 Å². The van der Waals surface area contributed by atoms with Gasteiger partial charge >= 0.3 is 0 Å². The Balaban J connectivity index is 1.79. The molecule has 150 valence electrons. The molecule has 2 aliphatic heterocycles. The van der Waals surface area contributed by atoms with Crippen molar-refractivity contribution in [2.45, 2.75) is 76.5 Å². The Morgan fingerprint density at radius 3 is 2.56 bits per heavy atom. The molecular weight excluding hydrogens is 350 g/mol. The lowest BCUT2D eigenvalue weighted by Gasteiger charge is -2.47. The van der Waals surface area contributed by atoms with E-state index < -0.39 is 36.4 Å². The van der Waals surface area contributed by atoms with Gasteiger partial charge in [-0.1, -0.05) is 32.9 Å². The maximum atomic E-state index is 10.5. The first-order valence-electron chi connectivity index (χ1n) is 9.18. The molecule has 2 aliphatic rings. The molecule has 2 fully saturated rings. The number of para-hydroxylation sites is 1. The Hall–Kier alpha value is -1.51. The summed E-state index contributed by atoms with van der Waals surface area (Å²) in [7, 11) is 0. The molecule has 2 saturated heterocycles. The van der Waals surface area contributed by atoms with E-state index in [-0.39, 0.29) is 17.8 Å². The maximum Gasteiger partial charge on any atom is 0.177 e. The second-order valence-electron chi connectivity index (χ2n) is 8.61. The lowest BCUT2D eigenvalue weighted by atomic mass is 9.85. The first-order valence-corrected chi connectivity index (χ1v) is 9.18. The van der Waals surface area contributed by atoms with Crippen molar-refractivity contribution in [3.05, 3.63) is 29.3 Å². The highest BCUT2D eigenvalue weighted by atomic mass is 16.7. The predicted molar refractivity (Wildman–Crippen MR) is 100.0 cm³/mol. The second kappa shape index (κ2) is 7.14. The van der Waals surface area contributed by atoms with E-state index in [0.717, 1.165) is 5.56 Å². The van der Waals surface area contributed by atoms with Crippen molar-refractivity contribution < 1.29 is 29.5 Å². The van der Waals surface area contributed by atoms with Gasteiger partial charge in [-0.2, -0.15) is 0 Å². The highest BCUT2D eigenvalue weighted by Crippen LogP contribution is 2.34. The van der Waals surface area contributed by atoms with Crippen LogP contribution < -0.4 is 0 Å². The number of benzene rings is 1. The van der Waals surface area contributed by atoms with Crippen molar-refractivity contribution in [2.75, 3.05) is 6.61 Å². The maximum absolute atomic E-state index is 10.5. The lowest BCUT2D eigenvalue weighted by molar-refractivity contribution is -0.356. The van der Waals surface area contributed by atoms with Crippen LogP contribution in [0.4, 0.5) is 0 Å². The topological polar surface area (TPSA) is 101 Å². The number of hydrogen-bond donors (Lipinski definition) is 3. The van der Waals surface area contributed by atoms with Crippen molar-refractivity contribution in [2.24, 2.45) is 4.99 Å². The summed E-state index contributed by atoms with van der Waals surface area (Å²) in [6.07, 6.45) is -3.14. The minimum absolute atomic E-state index is 0.142. The van der Waals surface area contributed by atoms with Crippen molar-refractivity contribution in [3.63, 3.8) is 0 Å². The van der Waals surface area contributed by atoms with E-state index in [9.17, 15) is 15.3 Å². The van der Waals surface area contributed by atoms with E-state index in [1.807, 2.05) is 32.9 Å². The van der Waals surface area contributed by atoms with Crippen LogP contribution in [0, 0.1) is 0 Å². The summed E-state index contributed by atoms with van der Waals surface area (Å²) in [5.74, 6) is -0.705. The zero-order valence-corrected chi connectivity index (χ0v) is 16.4. The van der Waals surface area contributed by atoms with Gasteiger partial charge in [0.25, 0.3) is 0 Å². The molecule has 3 rings (SSSR count). The number of aliphatic imine (C=N–C) groups is 1. The predicted octanol–water partition coefficient (Wildman–Crippen LogP) is 1.71. The Morgan fingerprint density at radius 2 is 1.89 bits per heavy atom. The average Bonchev–Trinajstić information content (AvgIpc) is 2.57. The zero-order chi connectivity index (χ0) is 20.0. The van der Waals surface area contributed by atoms with Gasteiger partial charge in [-0.05, 0) is 30.9 Å². The van der Waals surface area contributed by atoms with Gasteiger partial charge in [0.15, 0.2) is 12.0 Å². The minimum Gasteiger partial charge on any atom is -0.507 e. The van der Waals surface area contributed by atoms with E-state index >= 15 is 0 Å². The number of ether oxygens (including phenoxy) is 3. The smallest absolute Gasteiger partial charge is 0.177 e. The largest absolute Gasteiger partial charge is 0.507 e. The van der Waals surface area contributed by atoms with Gasteiger partial charge < -0.3 is 29.5 Å². The Bertz CT molecular complexity index is 709. The molecule has 1 aromatic rings. The van der Waals surface area contributed by atoms with Crippen molar-refractivity contribution in [1.29, 1.82) is 0 Å². The van der Waals surface area contributed by atoms with Gasteiger partial charge in [-0.3, -0.25) is 4.99 Å². The van der Waals surface area contributed by atoms with E-state index in [0.29, 0.717) is 5.56 Å². The quantitative estimate of drug-likeness (QED) is 0.677. The van der Waals surface area contributed by atoms with Crippen LogP contribution in [0.1, 0.15) is 45.7 Å². The Labute approximate surface area is 159 Å². The molecule has 0 bridgehead atoms. The normalized spacial score (nSPS) is 33.8. The highest BCUT2D eigenvalue weighted by Gasteiger charge is 2.50. The van der Waals surface area contributed by atoms with E-state index in [4.69, 9.17) is 14.2 Å². The molecule has 5 atom stereocenters. The number of phenols is 1. The fourth-order valence-corrected chi connectivity index (χ4v) is 3.39. The molecule has 0 saturated carbocycles. The van der Waals surface area contributed by atoms with Crippen LogP contribution in [0.25, 0.3) is 0 Å². The third-order valence-corrected chi connectivity index (χ3v) is 4.91. The van der Waals surface area contributed by atoms with Crippen LogP contribution in [0.3, 0.4) is 0 Å². The van der Waals surface area contributed by atoms with Gasteiger partial charge in [0.05, 0.1) is 6.61 Å². The van der Waals surface area contributed by atoms with Gasteiger partial charge in [0.1, 0.15) is 30.2 Å². The molecule has 0 radical (unpaired) electrons. The fraction of sp³-hybridized carbons (Fsp3) is 0.650.